The van der Waals surface area contributed by atoms with Crippen molar-refractivity contribution < 1.29 is 4.74 Å². The van der Waals surface area contributed by atoms with Crippen LogP contribution >= 0.6 is 0 Å². The third-order valence-corrected chi connectivity index (χ3v) is 4.30. The van der Waals surface area contributed by atoms with E-state index in [1.165, 1.54) is 0 Å². The van der Waals surface area contributed by atoms with Crippen molar-refractivity contribution in [2.45, 2.75) is 32.6 Å². The van der Waals surface area contributed by atoms with E-state index in [1.54, 1.807) is 7.11 Å². The Hall–Kier alpha value is -2.62. The summed E-state index contributed by atoms with van der Waals surface area (Å²) in [5.41, 5.74) is 1.92. The molecule has 3 aromatic rings. The SMILES string of the molecule is CCC(CC)c1nc(Nc2cccc(OC)c2)c2ccccc2n1. The molecule has 0 aliphatic heterocycles. The molecule has 0 radical (unpaired) electrons. The lowest BCUT2D eigenvalue weighted by molar-refractivity contribution is 0.415. The maximum atomic E-state index is 5.30. The molecule has 1 heterocycles. The van der Waals surface area contributed by atoms with Crippen molar-refractivity contribution >= 4 is 22.4 Å². The van der Waals surface area contributed by atoms with Crippen LogP contribution in [0.5, 0.6) is 5.75 Å². The predicted octanol–water partition coefficient (Wildman–Crippen LogP) is 5.29. The second-order valence-corrected chi connectivity index (χ2v) is 5.82. The highest BCUT2D eigenvalue weighted by Gasteiger charge is 2.14. The zero-order valence-electron chi connectivity index (χ0n) is 14.4. The summed E-state index contributed by atoms with van der Waals surface area (Å²) in [7, 11) is 1.67. The van der Waals surface area contributed by atoms with Gasteiger partial charge in [0.2, 0.25) is 0 Å². The summed E-state index contributed by atoms with van der Waals surface area (Å²) >= 11 is 0. The summed E-state index contributed by atoms with van der Waals surface area (Å²) in [4.78, 5) is 9.61. The topological polar surface area (TPSA) is 47.0 Å². The van der Waals surface area contributed by atoms with E-state index in [9.17, 15) is 0 Å². The van der Waals surface area contributed by atoms with Crippen LogP contribution in [0.15, 0.2) is 48.5 Å². The van der Waals surface area contributed by atoms with Gasteiger partial charge in [0, 0.05) is 23.1 Å². The molecule has 0 aliphatic rings. The van der Waals surface area contributed by atoms with Crippen LogP contribution in [0.25, 0.3) is 10.9 Å². The van der Waals surface area contributed by atoms with Crippen LogP contribution in [0.1, 0.15) is 38.4 Å². The van der Waals surface area contributed by atoms with Crippen molar-refractivity contribution in [2.75, 3.05) is 12.4 Å². The van der Waals surface area contributed by atoms with Crippen LogP contribution in [-0.2, 0) is 0 Å². The molecule has 24 heavy (non-hydrogen) atoms. The molecule has 3 rings (SSSR count). The van der Waals surface area contributed by atoms with Gasteiger partial charge < -0.3 is 10.1 Å². The van der Waals surface area contributed by atoms with E-state index in [1.807, 2.05) is 42.5 Å². The molecule has 0 amide bonds. The molecule has 0 bridgehead atoms. The highest BCUT2D eigenvalue weighted by Crippen LogP contribution is 2.29. The monoisotopic (exact) mass is 321 g/mol. The van der Waals surface area contributed by atoms with Gasteiger partial charge >= 0.3 is 0 Å². The van der Waals surface area contributed by atoms with Crippen LogP contribution < -0.4 is 10.1 Å². The first kappa shape index (κ1) is 16.2. The molecule has 0 saturated carbocycles. The Kier molecular flexibility index (Phi) is 4.94. The van der Waals surface area contributed by atoms with E-state index < -0.39 is 0 Å². The van der Waals surface area contributed by atoms with Gasteiger partial charge in [0.15, 0.2) is 0 Å². The Morgan fingerprint density at radius 3 is 2.54 bits per heavy atom. The molecule has 0 spiro atoms. The van der Waals surface area contributed by atoms with Gasteiger partial charge in [-0.3, -0.25) is 0 Å². The molecule has 0 atom stereocenters. The van der Waals surface area contributed by atoms with Crippen LogP contribution in [0, 0.1) is 0 Å². The largest absolute Gasteiger partial charge is 0.497 e. The van der Waals surface area contributed by atoms with Gasteiger partial charge in [0.05, 0.1) is 12.6 Å². The lowest BCUT2D eigenvalue weighted by atomic mass is 10.0. The molecule has 124 valence electrons. The summed E-state index contributed by atoms with van der Waals surface area (Å²) in [6, 6.07) is 16.0. The summed E-state index contributed by atoms with van der Waals surface area (Å²) in [6.45, 7) is 4.36. The summed E-state index contributed by atoms with van der Waals surface area (Å²) in [6.07, 6.45) is 2.07. The molecule has 0 aliphatic carbocycles. The summed E-state index contributed by atoms with van der Waals surface area (Å²) < 4.78 is 5.30. The smallest absolute Gasteiger partial charge is 0.142 e. The number of aromatic nitrogens is 2. The van der Waals surface area contributed by atoms with Crippen molar-refractivity contribution in [3.63, 3.8) is 0 Å². The fourth-order valence-electron chi connectivity index (χ4n) is 2.86. The first-order valence-electron chi connectivity index (χ1n) is 8.42. The Morgan fingerprint density at radius 2 is 1.79 bits per heavy atom. The Bertz CT molecular complexity index is 828. The molecule has 0 saturated heterocycles. The number of methoxy groups -OCH3 is 1. The van der Waals surface area contributed by atoms with Gasteiger partial charge in [-0.15, -0.1) is 0 Å². The number of ether oxygens (including phenoxy) is 1. The first-order valence-corrected chi connectivity index (χ1v) is 8.42. The number of rotatable bonds is 6. The normalized spacial score (nSPS) is 11.0. The molecule has 0 fully saturated rings. The van der Waals surface area contributed by atoms with Crippen LogP contribution in [0.3, 0.4) is 0 Å². The Morgan fingerprint density at radius 1 is 1.00 bits per heavy atom. The van der Waals surface area contributed by atoms with Gasteiger partial charge in [0.1, 0.15) is 17.4 Å². The Labute approximate surface area is 142 Å². The van der Waals surface area contributed by atoms with E-state index in [4.69, 9.17) is 14.7 Å². The highest BCUT2D eigenvalue weighted by atomic mass is 16.5. The highest BCUT2D eigenvalue weighted by molar-refractivity contribution is 5.90. The summed E-state index contributed by atoms with van der Waals surface area (Å²) in [5, 5.41) is 4.46. The van der Waals surface area contributed by atoms with Gasteiger partial charge in [-0.25, -0.2) is 9.97 Å². The molecule has 1 aromatic heterocycles. The van der Waals surface area contributed by atoms with Crippen molar-refractivity contribution in [1.29, 1.82) is 0 Å². The Balaban J connectivity index is 2.07. The lowest BCUT2D eigenvalue weighted by Gasteiger charge is -2.15. The minimum Gasteiger partial charge on any atom is -0.497 e. The number of hydrogen-bond acceptors (Lipinski definition) is 4. The molecule has 4 nitrogen and oxygen atoms in total. The van der Waals surface area contributed by atoms with E-state index >= 15 is 0 Å². The number of nitrogens with zero attached hydrogens (tertiary/aromatic N) is 2. The first-order chi connectivity index (χ1) is 11.7. The van der Waals surface area contributed by atoms with Gasteiger partial charge in [0.25, 0.3) is 0 Å². The van der Waals surface area contributed by atoms with Crippen LogP contribution in [0.4, 0.5) is 11.5 Å². The number of benzene rings is 2. The molecule has 1 N–H and O–H groups in total. The quantitative estimate of drug-likeness (QED) is 0.670. The standard InChI is InChI=1S/C20H23N3O/c1-4-14(5-2)19-22-18-12-7-6-11-17(18)20(23-19)21-15-9-8-10-16(13-15)24-3/h6-14H,4-5H2,1-3H3,(H,21,22,23). The predicted molar refractivity (Wildman–Crippen MR) is 99.1 cm³/mol. The number of para-hydroxylation sites is 1. The minimum absolute atomic E-state index is 0.375. The van der Waals surface area contributed by atoms with E-state index in [2.05, 4.69) is 25.2 Å². The van der Waals surface area contributed by atoms with Crippen molar-refractivity contribution in [3.05, 3.63) is 54.4 Å². The van der Waals surface area contributed by atoms with Crippen LogP contribution in [0.2, 0.25) is 0 Å². The van der Waals surface area contributed by atoms with E-state index in [-0.39, 0.29) is 0 Å². The fraction of sp³-hybridized carbons (Fsp3) is 0.300. The average molecular weight is 321 g/mol. The fourth-order valence-corrected chi connectivity index (χ4v) is 2.86. The number of hydrogen-bond donors (Lipinski definition) is 1. The van der Waals surface area contributed by atoms with Gasteiger partial charge in [-0.05, 0) is 37.1 Å². The minimum atomic E-state index is 0.375. The van der Waals surface area contributed by atoms with E-state index in [0.717, 1.165) is 46.8 Å². The van der Waals surface area contributed by atoms with E-state index in [0.29, 0.717) is 5.92 Å². The number of nitrogens with one attached hydrogen (secondary N) is 1. The second-order valence-electron chi connectivity index (χ2n) is 5.82. The average Bonchev–Trinajstić information content (AvgIpc) is 2.63. The molecule has 2 aromatic carbocycles. The van der Waals surface area contributed by atoms with Crippen LogP contribution in [-0.4, -0.2) is 17.1 Å². The maximum absolute atomic E-state index is 5.30. The lowest BCUT2D eigenvalue weighted by Crippen LogP contribution is -2.06. The second kappa shape index (κ2) is 7.30. The number of fused-ring (bicyclic) bond motifs is 1. The zero-order chi connectivity index (χ0) is 16.9. The molecule has 0 unspecified atom stereocenters. The maximum Gasteiger partial charge on any atom is 0.142 e. The number of anilines is 2. The molecular weight excluding hydrogens is 298 g/mol. The zero-order valence-corrected chi connectivity index (χ0v) is 14.4. The van der Waals surface area contributed by atoms with Crippen molar-refractivity contribution in [2.24, 2.45) is 0 Å². The third kappa shape index (κ3) is 3.32. The van der Waals surface area contributed by atoms with Crippen molar-refractivity contribution in [1.82, 2.24) is 9.97 Å². The molecule has 4 heteroatoms. The van der Waals surface area contributed by atoms with Crippen molar-refractivity contribution in [3.8, 4) is 5.75 Å². The molecular formula is C20H23N3O. The van der Waals surface area contributed by atoms with Gasteiger partial charge in [-0.2, -0.15) is 0 Å². The third-order valence-electron chi connectivity index (χ3n) is 4.30. The van der Waals surface area contributed by atoms with Gasteiger partial charge in [-0.1, -0.05) is 32.0 Å². The summed E-state index contributed by atoms with van der Waals surface area (Å²) in [5.74, 6) is 2.94.